The zero-order valence-electron chi connectivity index (χ0n) is 24.1. The van der Waals surface area contributed by atoms with Crippen molar-refractivity contribution in [2.45, 2.75) is 29.1 Å². The van der Waals surface area contributed by atoms with Crippen LogP contribution in [0.1, 0.15) is 25.0 Å². The van der Waals surface area contributed by atoms with Crippen molar-refractivity contribution in [2.24, 2.45) is 0 Å². The lowest BCUT2D eigenvalue weighted by molar-refractivity contribution is 0.555. The Morgan fingerprint density at radius 3 is 1.45 bits per heavy atom. The van der Waals surface area contributed by atoms with E-state index < -0.39 is 15.3 Å². The molecule has 0 fully saturated rings. The van der Waals surface area contributed by atoms with Gasteiger partial charge in [0.15, 0.2) is 0 Å². The number of hydrogen-bond acceptors (Lipinski definition) is 4. The van der Waals surface area contributed by atoms with Crippen LogP contribution in [0.5, 0.6) is 0 Å². The van der Waals surface area contributed by atoms with Crippen molar-refractivity contribution in [3.63, 3.8) is 0 Å². The molecule has 0 radical (unpaired) electrons. The fourth-order valence-corrected chi connectivity index (χ4v) is 9.08. The van der Waals surface area contributed by atoms with Gasteiger partial charge in [0.1, 0.15) is 0 Å². The monoisotopic (exact) mass is 590 g/mol. The summed E-state index contributed by atoms with van der Waals surface area (Å²) in [6, 6.07) is 35.9. The molecule has 0 saturated heterocycles. The van der Waals surface area contributed by atoms with E-state index in [1.165, 1.54) is 0 Å². The molecule has 1 aliphatic rings. The van der Waals surface area contributed by atoms with Crippen LogP contribution in [0.2, 0.25) is 0 Å². The number of para-hydroxylation sites is 2. The SMILES string of the molecule is CC1(C)c2cc(-n3c4ccccc4c4ncccc43)ccc2S(=O)(=O)c2ccc(-n3c4ccccc4c4ncccc43)cc21. The molecule has 4 aromatic carbocycles. The summed E-state index contributed by atoms with van der Waals surface area (Å²) in [5.41, 5.74) is 8.61. The van der Waals surface area contributed by atoms with Gasteiger partial charge < -0.3 is 9.13 Å². The van der Waals surface area contributed by atoms with E-state index in [9.17, 15) is 8.42 Å². The van der Waals surface area contributed by atoms with Crippen LogP contribution < -0.4 is 0 Å². The summed E-state index contributed by atoms with van der Waals surface area (Å²) in [5, 5.41) is 2.12. The highest BCUT2D eigenvalue weighted by atomic mass is 32.2. The third kappa shape index (κ3) is 3.22. The lowest BCUT2D eigenvalue weighted by atomic mass is 9.77. The number of rotatable bonds is 2. The summed E-state index contributed by atoms with van der Waals surface area (Å²) >= 11 is 0. The van der Waals surface area contributed by atoms with E-state index in [-0.39, 0.29) is 0 Å². The third-order valence-electron chi connectivity index (χ3n) is 9.22. The predicted octanol–water partition coefficient (Wildman–Crippen LogP) is 8.14. The molecular formula is C37H26N4O2S. The summed E-state index contributed by atoms with van der Waals surface area (Å²) in [5.74, 6) is 0. The first kappa shape index (κ1) is 25.2. The number of aromatic nitrogens is 4. The van der Waals surface area contributed by atoms with Gasteiger partial charge in [-0.15, -0.1) is 0 Å². The maximum atomic E-state index is 14.2. The van der Waals surface area contributed by atoms with Crippen molar-refractivity contribution in [1.82, 2.24) is 19.1 Å². The third-order valence-corrected chi connectivity index (χ3v) is 11.1. The van der Waals surface area contributed by atoms with E-state index in [0.29, 0.717) is 9.79 Å². The standard InChI is InChI=1S/C37H26N4O2S/c1-37(2)27-21-23(40-29-11-5-3-9-25(29)35-31(40)13-7-19-38-35)15-17-33(27)44(42,43)34-18-16-24(22-28(34)37)41-30-12-6-4-10-26(30)36-32(41)14-8-20-39-36/h3-22H,1-2H3. The molecule has 1 aliphatic heterocycles. The number of fused-ring (bicyclic) bond motifs is 8. The molecule has 212 valence electrons. The van der Waals surface area contributed by atoms with E-state index in [1.54, 1.807) is 12.1 Å². The summed E-state index contributed by atoms with van der Waals surface area (Å²) < 4.78 is 32.7. The zero-order valence-corrected chi connectivity index (χ0v) is 24.9. The van der Waals surface area contributed by atoms with Crippen molar-refractivity contribution < 1.29 is 8.42 Å². The molecule has 0 aliphatic carbocycles. The molecule has 7 heteroatoms. The molecule has 8 aromatic rings. The van der Waals surface area contributed by atoms with Crippen LogP contribution in [0.4, 0.5) is 0 Å². The number of benzene rings is 4. The van der Waals surface area contributed by atoms with Gasteiger partial charge >= 0.3 is 0 Å². The average Bonchev–Trinajstić information content (AvgIpc) is 3.57. The van der Waals surface area contributed by atoms with E-state index in [1.807, 2.05) is 73.1 Å². The van der Waals surface area contributed by atoms with Crippen LogP contribution in [0.3, 0.4) is 0 Å². The molecule has 5 heterocycles. The second kappa shape index (κ2) is 8.65. The quantitative estimate of drug-likeness (QED) is 0.204. The minimum atomic E-state index is -3.76. The fraction of sp³-hybridized carbons (Fsp3) is 0.0811. The van der Waals surface area contributed by atoms with E-state index >= 15 is 0 Å². The molecule has 0 bridgehead atoms. The fourth-order valence-electron chi connectivity index (χ4n) is 7.15. The molecule has 9 rings (SSSR count). The van der Waals surface area contributed by atoms with Gasteiger partial charge in [-0.2, -0.15) is 0 Å². The van der Waals surface area contributed by atoms with Gasteiger partial charge in [-0.3, -0.25) is 9.97 Å². The zero-order chi connectivity index (χ0) is 29.8. The van der Waals surface area contributed by atoms with E-state index in [2.05, 4.69) is 69.3 Å². The summed E-state index contributed by atoms with van der Waals surface area (Å²) in [4.78, 5) is 10.1. The molecule has 0 unspecified atom stereocenters. The largest absolute Gasteiger partial charge is 0.308 e. The van der Waals surface area contributed by atoms with Crippen molar-refractivity contribution in [2.75, 3.05) is 0 Å². The lowest BCUT2D eigenvalue weighted by Gasteiger charge is -2.35. The highest BCUT2D eigenvalue weighted by molar-refractivity contribution is 7.91. The minimum absolute atomic E-state index is 0.353. The van der Waals surface area contributed by atoms with Crippen LogP contribution in [0, 0.1) is 0 Å². The van der Waals surface area contributed by atoms with Crippen LogP contribution in [-0.4, -0.2) is 27.5 Å². The van der Waals surface area contributed by atoms with Crippen LogP contribution in [0.15, 0.2) is 131 Å². The molecule has 0 amide bonds. The van der Waals surface area contributed by atoms with Crippen LogP contribution in [0.25, 0.3) is 55.2 Å². The topological polar surface area (TPSA) is 69.8 Å². The lowest BCUT2D eigenvalue weighted by Crippen LogP contribution is -2.30. The number of nitrogens with zero attached hydrogens (tertiary/aromatic N) is 4. The van der Waals surface area contributed by atoms with Gasteiger partial charge in [-0.1, -0.05) is 50.2 Å². The van der Waals surface area contributed by atoms with Gasteiger partial charge in [0.2, 0.25) is 9.84 Å². The molecule has 0 saturated carbocycles. The first-order valence-corrected chi connectivity index (χ1v) is 16.1. The van der Waals surface area contributed by atoms with Gasteiger partial charge in [-0.25, -0.2) is 8.42 Å². The Kier molecular flexibility index (Phi) is 4.96. The molecule has 0 atom stereocenters. The van der Waals surface area contributed by atoms with Gasteiger partial charge in [0.05, 0.1) is 42.9 Å². The molecule has 0 spiro atoms. The van der Waals surface area contributed by atoms with Crippen molar-refractivity contribution in [1.29, 1.82) is 0 Å². The first-order valence-electron chi connectivity index (χ1n) is 14.6. The normalized spacial score (nSPS) is 15.1. The molecular weight excluding hydrogens is 565 g/mol. The van der Waals surface area contributed by atoms with Crippen LogP contribution in [-0.2, 0) is 15.3 Å². The van der Waals surface area contributed by atoms with E-state index in [4.69, 9.17) is 0 Å². The summed E-state index contributed by atoms with van der Waals surface area (Å²) in [6.07, 6.45) is 3.62. The second-order valence-corrected chi connectivity index (χ2v) is 13.8. The number of sulfone groups is 1. The Bertz CT molecular complexity index is 2330. The summed E-state index contributed by atoms with van der Waals surface area (Å²) in [6.45, 7) is 4.24. The van der Waals surface area contributed by atoms with Gasteiger partial charge in [0.25, 0.3) is 0 Å². The van der Waals surface area contributed by atoms with Crippen molar-refractivity contribution >= 4 is 53.7 Å². The highest BCUT2D eigenvalue weighted by Crippen LogP contribution is 2.47. The maximum Gasteiger partial charge on any atom is 0.207 e. The summed E-state index contributed by atoms with van der Waals surface area (Å²) in [7, 11) is -3.76. The Hall–Kier alpha value is -5.27. The predicted molar refractivity (Wildman–Crippen MR) is 175 cm³/mol. The maximum absolute atomic E-state index is 14.2. The van der Waals surface area contributed by atoms with Crippen molar-refractivity contribution in [3.8, 4) is 11.4 Å². The molecule has 6 nitrogen and oxygen atoms in total. The Morgan fingerprint density at radius 1 is 0.545 bits per heavy atom. The van der Waals surface area contributed by atoms with Crippen molar-refractivity contribution in [3.05, 3.63) is 133 Å². The highest BCUT2D eigenvalue weighted by Gasteiger charge is 2.41. The van der Waals surface area contributed by atoms with E-state index in [0.717, 1.165) is 66.4 Å². The Balaban J connectivity index is 1.29. The number of hydrogen-bond donors (Lipinski definition) is 0. The Labute approximate surface area is 253 Å². The smallest absolute Gasteiger partial charge is 0.207 e. The Morgan fingerprint density at radius 2 is 0.977 bits per heavy atom. The average molecular weight is 591 g/mol. The molecule has 4 aromatic heterocycles. The minimum Gasteiger partial charge on any atom is -0.308 e. The van der Waals surface area contributed by atoms with Gasteiger partial charge in [-0.05, 0) is 83.9 Å². The van der Waals surface area contributed by atoms with Gasteiger partial charge in [0, 0.05) is 40.0 Å². The molecule has 44 heavy (non-hydrogen) atoms. The second-order valence-electron chi connectivity index (χ2n) is 11.9. The first-order chi connectivity index (χ1) is 21.4. The molecule has 0 N–H and O–H groups in total. The number of pyridine rings is 2. The van der Waals surface area contributed by atoms with Crippen LogP contribution >= 0.6 is 0 Å².